The van der Waals surface area contributed by atoms with Gasteiger partial charge in [-0.05, 0) is 42.6 Å². The van der Waals surface area contributed by atoms with Crippen molar-refractivity contribution in [3.63, 3.8) is 0 Å². The van der Waals surface area contributed by atoms with Crippen LogP contribution in [0.3, 0.4) is 0 Å². The molecule has 1 aliphatic rings. The summed E-state index contributed by atoms with van der Waals surface area (Å²) >= 11 is 1.15. The predicted molar refractivity (Wildman–Crippen MR) is 83.9 cm³/mol. The monoisotopic (exact) mass is 317 g/mol. The largest absolute Gasteiger partial charge is 0.382 e. The molecule has 0 unspecified atom stereocenters. The van der Waals surface area contributed by atoms with E-state index in [4.69, 9.17) is 5.73 Å². The van der Waals surface area contributed by atoms with E-state index < -0.39 is 9.84 Å². The van der Waals surface area contributed by atoms with Crippen molar-refractivity contribution >= 4 is 32.2 Å². The van der Waals surface area contributed by atoms with Crippen molar-refractivity contribution < 1.29 is 8.42 Å². The molecule has 0 spiro atoms. The zero-order valence-corrected chi connectivity index (χ0v) is 13.9. The Labute approximate surface area is 125 Å². The second-order valence-corrected chi connectivity index (χ2v) is 9.20. The van der Waals surface area contributed by atoms with Gasteiger partial charge < -0.3 is 11.1 Å². The molecule has 2 rings (SSSR count). The molecule has 7 heteroatoms. The van der Waals surface area contributed by atoms with E-state index in [0.717, 1.165) is 37.2 Å². The first-order valence-electron chi connectivity index (χ1n) is 6.99. The second-order valence-electron chi connectivity index (χ2n) is 6.21. The number of nitrogen functional groups attached to an aromatic ring is 1. The summed E-state index contributed by atoms with van der Waals surface area (Å²) in [6, 6.07) is 0.314. The molecule has 114 valence electrons. The van der Waals surface area contributed by atoms with Gasteiger partial charge in [0.1, 0.15) is 9.90 Å². The molecule has 3 N–H and O–H groups in total. The number of hydrogen-bond acceptors (Lipinski definition) is 6. The molecule has 1 heterocycles. The number of hydrogen-bond donors (Lipinski definition) is 2. The molecule has 1 aliphatic carbocycles. The Morgan fingerprint density at radius 2 is 2.00 bits per heavy atom. The van der Waals surface area contributed by atoms with E-state index in [1.807, 2.05) is 0 Å². The average Bonchev–Trinajstić information content (AvgIpc) is 2.74. The fourth-order valence-electron chi connectivity index (χ4n) is 2.56. The summed E-state index contributed by atoms with van der Waals surface area (Å²) in [6.45, 7) is 6.18. The highest BCUT2D eigenvalue weighted by atomic mass is 32.2. The molecule has 0 radical (unpaired) electrons. The van der Waals surface area contributed by atoms with Crippen molar-refractivity contribution in [1.82, 2.24) is 4.37 Å². The standard InChI is InChI=1S/C13H23N3O2S2/c1-4-20(17,18)10-11(14)16-19-12(10)15-9-5-7-13(2,3)8-6-9/h9,15H,4-8H2,1-3H3,(H2,14,16). The van der Waals surface area contributed by atoms with Crippen LogP contribution in [-0.2, 0) is 9.84 Å². The highest BCUT2D eigenvalue weighted by Gasteiger charge is 2.29. The minimum atomic E-state index is -3.33. The van der Waals surface area contributed by atoms with Gasteiger partial charge in [-0.3, -0.25) is 0 Å². The van der Waals surface area contributed by atoms with E-state index in [-0.39, 0.29) is 16.5 Å². The molecule has 1 aromatic rings. The van der Waals surface area contributed by atoms with Crippen LogP contribution in [0.15, 0.2) is 4.90 Å². The van der Waals surface area contributed by atoms with Gasteiger partial charge in [0.25, 0.3) is 0 Å². The quantitative estimate of drug-likeness (QED) is 0.892. The van der Waals surface area contributed by atoms with Crippen LogP contribution < -0.4 is 11.1 Å². The second kappa shape index (κ2) is 5.52. The molecule has 1 aromatic heterocycles. The van der Waals surface area contributed by atoms with Gasteiger partial charge in [-0.2, -0.15) is 4.37 Å². The molecular weight excluding hydrogens is 294 g/mol. The van der Waals surface area contributed by atoms with Crippen molar-refractivity contribution in [1.29, 1.82) is 0 Å². The first-order chi connectivity index (χ1) is 9.25. The van der Waals surface area contributed by atoms with Gasteiger partial charge in [-0.25, -0.2) is 8.42 Å². The summed E-state index contributed by atoms with van der Waals surface area (Å²) in [6.07, 6.45) is 4.40. The molecule has 0 bridgehead atoms. The summed E-state index contributed by atoms with van der Waals surface area (Å²) in [4.78, 5) is 0.190. The zero-order valence-electron chi connectivity index (χ0n) is 12.3. The maximum Gasteiger partial charge on any atom is 0.184 e. The van der Waals surface area contributed by atoms with Crippen molar-refractivity contribution in [3.05, 3.63) is 0 Å². The number of sulfone groups is 1. The number of nitrogens with one attached hydrogen (secondary N) is 1. The maximum atomic E-state index is 12.1. The van der Waals surface area contributed by atoms with E-state index >= 15 is 0 Å². The van der Waals surface area contributed by atoms with E-state index in [0.29, 0.717) is 16.5 Å². The Kier molecular flexibility index (Phi) is 4.30. The topological polar surface area (TPSA) is 85.1 Å². The lowest BCUT2D eigenvalue weighted by atomic mass is 9.76. The lowest BCUT2D eigenvalue weighted by molar-refractivity contribution is 0.232. The highest BCUT2D eigenvalue weighted by Crippen LogP contribution is 2.38. The number of aromatic nitrogens is 1. The van der Waals surface area contributed by atoms with Gasteiger partial charge in [-0.15, -0.1) is 0 Å². The Morgan fingerprint density at radius 1 is 1.40 bits per heavy atom. The lowest BCUT2D eigenvalue weighted by Gasteiger charge is -2.34. The molecule has 5 nitrogen and oxygen atoms in total. The Balaban J connectivity index is 2.16. The van der Waals surface area contributed by atoms with E-state index in [1.165, 1.54) is 0 Å². The van der Waals surface area contributed by atoms with E-state index in [1.54, 1.807) is 6.92 Å². The van der Waals surface area contributed by atoms with Crippen molar-refractivity contribution in [2.45, 2.75) is 57.4 Å². The van der Waals surface area contributed by atoms with Crippen LogP contribution in [0.1, 0.15) is 46.5 Å². The third kappa shape index (κ3) is 3.25. The van der Waals surface area contributed by atoms with Crippen molar-refractivity contribution in [2.75, 3.05) is 16.8 Å². The van der Waals surface area contributed by atoms with Crippen molar-refractivity contribution in [2.24, 2.45) is 5.41 Å². The van der Waals surface area contributed by atoms with Gasteiger partial charge in [0, 0.05) is 6.04 Å². The fourth-order valence-corrected chi connectivity index (χ4v) is 4.79. The van der Waals surface area contributed by atoms with Crippen molar-refractivity contribution in [3.8, 4) is 0 Å². The van der Waals surface area contributed by atoms with Gasteiger partial charge in [0.2, 0.25) is 0 Å². The normalized spacial score (nSPS) is 19.9. The van der Waals surface area contributed by atoms with E-state index in [2.05, 4.69) is 23.5 Å². The van der Waals surface area contributed by atoms with Crippen LogP contribution in [0.5, 0.6) is 0 Å². The molecule has 1 saturated carbocycles. The zero-order chi connectivity index (χ0) is 15.0. The number of rotatable bonds is 4. The fraction of sp³-hybridized carbons (Fsp3) is 0.769. The van der Waals surface area contributed by atoms with Crippen LogP contribution in [0.25, 0.3) is 0 Å². The highest BCUT2D eigenvalue weighted by molar-refractivity contribution is 7.91. The van der Waals surface area contributed by atoms with Crippen LogP contribution in [0.2, 0.25) is 0 Å². The average molecular weight is 317 g/mol. The molecule has 0 amide bonds. The molecular formula is C13H23N3O2S2. The molecule has 0 aliphatic heterocycles. The summed E-state index contributed by atoms with van der Waals surface area (Å²) in [7, 11) is -3.33. The minimum Gasteiger partial charge on any atom is -0.382 e. The van der Waals surface area contributed by atoms with Gasteiger partial charge >= 0.3 is 0 Å². The SMILES string of the molecule is CCS(=O)(=O)c1c(N)nsc1NC1CCC(C)(C)CC1. The Hall–Kier alpha value is -0.820. The Morgan fingerprint density at radius 3 is 2.55 bits per heavy atom. The van der Waals surface area contributed by atoms with Crippen LogP contribution in [0.4, 0.5) is 10.8 Å². The summed E-state index contributed by atoms with van der Waals surface area (Å²) < 4.78 is 28.2. The number of nitrogens with two attached hydrogens (primary N) is 1. The summed E-state index contributed by atoms with van der Waals surface area (Å²) in [5, 5.41) is 3.95. The lowest BCUT2D eigenvalue weighted by Crippen LogP contribution is -2.30. The van der Waals surface area contributed by atoms with Gasteiger partial charge in [0.05, 0.1) is 5.75 Å². The molecule has 0 atom stereocenters. The smallest absolute Gasteiger partial charge is 0.184 e. The summed E-state index contributed by atoms with van der Waals surface area (Å²) in [5.41, 5.74) is 6.12. The van der Waals surface area contributed by atoms with E-state index in [9.17, 15) is 8.42 Å². The van der Waals surface area contributed by atoms with Crippen LogP contribution >= 0.6 is 11.5 Å². The first kappa shape index (κ1) is 15.6. The predicted octanol–water partition coefficient (Wildman–Crippen LogP) is 2.90. The Bertz CT molecular complexity index is 568. The third-order valence-corrected chi connectivity index (χ3v) is 6.76. The van der Waals surface area contributed by atoms with Gasteiger partial charge in [0.15, 0.2) is 15.7 Å². The van der Waals surface area contributed by atoms with Crippen LogP contribution in [0, 0.1) is 5.41 Å². The molecule has 1 fully saturated rings. The molecule has 0 aromatic carbocycles. The molecule has 20 heavy (non-hydrogen) atoms. The minimum absolute atomic E-state index is 0.0436. The summed E-state index contributed by atoms with van der Waals surface area (Å²) in [5.74, 6) is 0.164. The third-order valence-electron chi connectivity index (χ3n) is 4.04. The number of anilines is 2. The number of nitrogens with zero attached hydrogens (tertiary/aromatic N) is 1. The molecule has 0 saturated heterocycles. The van der Waals surface area contributed by atoms with Crippen LogP contribution in [-0.4, -0.2) is 24.6 Å². The maximum absolute atomic E-state index is 12.1. The van der Waals surface area contributed by atoms with Gasteiger partial charge in [-0.1, -0.05) is 20.8 Å². The first-order valence-corrected chi connectivity index (χ1v) is 9.42.